The third kappa shape index (κ3) is 6.88. The molecule has 1 aliphatic heterocycles. The molecule has 6 nitrogen and oxygen atoms in total. The smallest absolute Gasteiger partial charge is 0.306 e. The van der Waals surface area contributed by atoms with Crippen LogP contribution in [0.15, 0.2) is 24.3 Å². The molecule has 1 N–H and O–H groups in total. The zero-order valence-corrected chi connectivity index (χ0v) is 18.7. The van der Waals surface area contributed by atoms with Gasteiger partial charge in [-0.1, -0.05) is 24.1 Å². The summed E-state index contributed by atoms with van der Waals surface area (Å²) in [5.74, 6) is -0.0842. The van der Waals surface area contributed by atoms with E-state index in [1.165, 1.54) is 12.6 Å². The summed E-state index contributed by atoms with van der Waals surface area (Å²) in [6.45, 7) is 6.09. The van der Waals surface area contributed by atoms with Crippen molar-refractivity contribution in [3.8, 4) is 0 Å². The van der Waals surface area contributed by atoms with E-state index in [9.17, 15) is 9.59 Å². The van der Waals surface area contributed by atoms with E-state index < -0.39 is 0 Å². The third-order valence-corrected chi connectivity index (χ3v) is 6.32. The van der Waals surface area contributed by atoms with Crippen LogP contribution in [0.1, 0.15) is 51.9 Å². The van der Waals surface area contributed by atoms with Gasteiger partial charge in [-0.05, 0) is 50.3 Å². The normalized spacial score (nSPS) is 22.1. The lowest BCUT2D eigenvalue weighted by molar-refractivity contribution is -0.151. The molecule has 1 aromatic rings. The number of piperazine rings is 1. The fourth-order valence-corrected chi connectivity index (χ4v) is 4.69. The van der Waals surface area contributed by atoms with Crippen LogP contribution < -0.4 is 10.2 Å². The number of esters is 1. The Morgan fingerprint density at radius 3 is 2.67 bits per heavy atom. The first kappa shape index (κ1) is 22.9. The van der Waals surface area contributed by atoms with Crippen molar-refractivity contribution in [2.24, 2.45) is 0 Å². The maximum Gasteiger partial charge on any atom is 0.306 e. The fraction of sp³-hybridized carbons (Fsp3) is 0.652. The number of amides is 1. The number of carbonyl (C=O) groups excluding carboxylic acids is 2. The average Bonchev–Trinajstić information content (AvgIpc) is 3.18. The number of unbranched alkanes of at least 4 members (excludes halogenated alkanes) is 2. The molecule has 0 bridgehead atoms. The number of nitrogens with one attached hydrogen (secondary N) is 1. The molecule has 2 fully saturated rings. The summed E-state index contributed by atoms with van der Waals surface area (Å²) in [5, 5.41) is 3.55. The molecule has 166 valence electrons. The fourth-order valence-electron chi connectivity index (χ4n) is 4.51. The molecule has 1 aromatic carbocycles. The van der Waals surface area contributed by atoms with Gasteiger partial charge in [0.25, 0.3) is 0 Å². The first-order valence-electron chi connectivity index (χ1n) is 11.2. The summed E-state index contributed by atoms with van der Waals surface area (Å²) in [6.07, 6.45) is 6.31. The van der Waals surface area contributed by atoms with E-state index in [-0.39, 0.29) is 18.0 Å². The molecule has 1 amide bonds. The number of rotatable bonds is 9. The van der Waals surface area contributed by atoms with Gasteiger partial charge in [-0.25, -0.2) is 0 Å². The van der Waals surface area contributed by atoms with Gasteiger partial charge in [0.2, 0.25) is 5.91 Å². The molecule has 1 saturated heterocycles. The summed E-state index contributed by atoms with van der Waals surface area (Å²) in [4.78, 5) is 28.0. The van der Waals surface area contributed by atoms with Crippen LogP contribution >= 0.6 is 11.6 Å². The Labute approximate surface area is 184 Å². The van der Waals surface area contributed by atoms with Crippen LogP contribution in [0.4, 0.5) is 5.69 Å². The van der Waals surface area contributed by atoms with Crippen molar-refractivity contribution in [3.63, 3.8) is 0 Å². The number of halogens is 1. The van der Waals surface area contributed by atoms with Crippen molar-refractivity contribution in [2.75, 3.05) is 37.6 Å². The highest BCUT2D eigenvalue weighted by molar-refractivity contribution is 6.30. The Kier molecular flexibility index (Phi) is 8.82. The molecule has 0 aromatic heterocycles. The van der Waals surface area contributed by atoms with Gasteiger partial charge in [0.05, 0.1) is 0 Å². The highest BCUT2D eigenvalue weighted by Crippen LogP contribution is 2.29. The maximum atomic E-state index is 12.3. The standard InChI is InChI=1S/C23H34ClN3O3/c1-18(28)25-12-4-2-3-11-23(29)30-22-10-6-9-21(22)27-15-13-26(14-16-27)20-8-5-7-19(24)17-20/h5,7-8,17,21-22H,2-4,6,9-16H2,1H3,(H,25,28)/t21-,22-/m0/s1. The topological polar surface area (TPSA) is 61.9 Å². The van der Waals surface area contributed by atoms with Crippen molar-refractivity contribution in [1.82, 2.24) is 10.2 Å². The summed E-state index contributed by atoms with van der Waals surface area (Å²) in [5.41, 5.74) is 1.18. The zero-order valence-electron chi connectivity index (χ0n) is 17.9. The van der Waals surface area contributed by atoms with E-state index in [0.717, 1.165) is 69.7 Å². The van der Waals surface area contributed by atoms with Crippen LogP contribution in [0.5, 0.6) is 0 Å². The molecule has 0 unspecified atom stereocenters. The van der Waals surface area contributed by atoms with Gasteiger partial charge in [0.1, 0.15) is 6.10 Å². The predicted molar refractivity (Wildman–Crippen MR) is 120 cm³/mol. The van der Waals surface area contributed by atoms with Gasteiger partial charge in [-0.2, -0.15) is 0 Å². The second-order valence-electron chi connectivity index (χ2n) is 8.32. The number of ether oxygens (including phenoxy) is 1. The number of nitrogens with zero attached hydrogens (tertiary/aromatic N) is 2. The minimum atomic E-state index is -0.0796. The third-order valence-electron chi connectivity index (χ3n) is 6.09. The number of anilines is 1. The molecular weight excluding hydrogens is 402 g/mol. The second-order valence-corrected chi connectivity index (χ2v) is 8.76. The Morgan fingerprint density at radius 2 is 1.93 bits per heavy atom. The van der Waals surface area contributed by atoms with Crippen LogP contribution in [0, 0.1) is 0 Å². The van der Waals surface area contributed by atoms with Crippen LogP contribution in [-0.4, -0.2) is 61.6 Å². The second kappa shape index (κ2) is 11.6. The highest BCUT2D eigenvalue weighted by atomic mass is 35.5. The molecule has 30 heavy (non-hydrogen) atoms. The maximum absolute atomic E-state index is 12.3. The Bertz CT molecular complexity index is 707. The first-order chi connectivity index (χ1) is 14.5. The highest BCUT2D eigenvalue weighted by Gasteiger charge is 2.36. The van der Waals surface area contributed by atoms with Gasteiger partial charge in [0, 0.05) is 62.8 Å². The molecule has 7 heteroatoms. The van der Waals surface area contributed by atoms with Crippen LogP contribution in [-0.2, 0) is 14.3 Å². The summed E-state index contributed by atoms with van der Waals surface area (Å²) >= 11 is 6.14. The van der Waals surface area contributed by atoms with Gasteiger partial charge >= 0.3 is 5.97 Å². The van der Waals surface area contributed by atoms with E-state index in [4.69, 9.17) is 16.3 Å². The van der Waals surface area contributed by atoms with E-state index >= 15 is 0 Å². The van der Waals surface area contributed by atoms with Crippen molar-refractivity contribution in [1.29, 1.82) is 0 Å². The van der Waals surface area contributed by atoms with Gasteiger partial charge in [0.15, 0.2) is 0 Å². The van der Waals surface area contributed by atoms with E-state index in [1.54, 1.807) is 0 Å². The lowest BCUT2D eigenvalue weighted by atomic mass is 10.1. The lowest BCUT2D eigenvalue weighted by Gasteiger charge is -2.40. The van der Waals surface area contributed by atoms with Crippen molar-refractivity contribution in [2.45, 2.75) is 64.0 Å². The molecule has 2 aliphatic rings. The molecule has 1 aliphatic carbocycles. The summed E-state index contributed by atoms with van der Waals surface area (Å²) < 4.78 is 5.87. The number of hydrogen-bond donors (Lipinski definition) is 1. The summed E-state index contributed by atoms with van der Waals surface area (Å²) in [6, 6.07) is 8.37. The monoisotopic (exact) mass is 435 g/mol. The molecule has 0 spiro atoms. The molecule has 1 heterocycles. The van der Waals surface area contributed by atoms with Gasteiger partial charge in [-0.3, -0.25) is 14.5 Å². The molecule has 3 rings (SSSR count). The average molecular weight is 436 g/mol. The minimum Gasteiger partial charge on any atom is -0.461 e. The first-order valence-corrected chi connectivity index (χ1v) is 11.6. The van der Waals surface area contributed by atoms with Crippen molar-refractivity contribution >= 4 is 29.2 Å². The Morgan fingerprint density at radius 1 is 1.13 bits per heavy atom. The van der Waals surface area contributed by atoms with E-state index in [0.29, 0.717) is 19.0 Å². The molecule has 1 saturated carbocycles. The van der Waals surface area contributed by atoms with E-state index in [1.807, 2.05) is 18.2 Å². The zero-order chi connectivity index (χ0) is 21.3. The molecule has 0 radical (unpaired) electrons. The van der Waals surface area contributed by atoms with Crippen LogP contribution in [0.2, 0.25) is 5.02 Å². The SMILES string of the molecule is CC(=O)NCCCCCC(=O)O[C@H]1CCC[C@@H]1N1CCN(c2cccc(Cl)c2)CC1. The minimum absolute atomic E-state index is 0.00455. The number of carbonyl (C=O) groups is 2. The summed E-state index contributed by atoms with van der Waals surface area (Å²) in [7, 11) is 0. The predicted octanol–water partition coefficient (Wildman–Crippen LogP) is 3.62. The lowest BCUT2D eigenvalue weighted by Crippen LogP contribution is -2.53. The quantitative estimate of drug-likeness (QED) is 0.474. The van der Waals surface area contributed by atoms with E-state index in [2.05, 4.69) is 21.2 Å². The number of hydrogen-bond acceptors (Lipinski definition) is 5. The molecular formula is C23H34ClN3O3. The van der Waals surface area contributed by atoms with Crippen molar-refractivity contribution < 1.29 is 14.3 Å². The van der Waals surface area contributed by atoms with Gasteiger partial charge in [-0.15, -0.1) is 0 Å². The Balaban J connectivity index is 1.38. The molecule has 2 atom stereocenters. The largest absolute Gasteiger partial charge is 0.461 e. The van der Waals surface area contributed by atoms with Crippen molar-refractivity contribution in [3.05, 3.63) is 29.3 Å². The Hall–Kier alpha value is -1.79. The van der Waals surface area contributed by atoms with Crippen LogP contribution in [0.3, 0.4) is 0 Å². The van der Waals surface area contributed by atoms with Gasteiger partial charge < -0.3 is 15.0 Å². The van der Waals surface area contributed by atoms with Crippen LogP contribution in [0.25, 0.3) is 0 Å². The number of benzene rings is 1.